The second-order valence-corrected chi connectivity index (χ2v) is 19.1. The van der Waals surface area contributed by atoms with Gasteiger partial charge in [-0.1, -0.05) is 72.8 Å². The van der Waals surface area contributed by atoms with Crippen molar-refractivity contribution in [3.8, 4) is 0 Å². The third kappa shape index (κ3) is 16.2. The highest BCUT2D eigenvalue weighted by molar-refractivity contribution is 7.09. The van der Waals surface area contributed by atoms with Crippen LogP contribution in [0.4, 0.5) is 10.1 Å². The smallest absolute Gasteiger partial charge is 0.309 e. The van der Waals surface area contributed by atoms with Crippen LogP contribution in [0.5, 0.6) is 0 Å². The van der Waals surface area contributed by atoms with Gasteiger partial charge in [-0.3, -0.25) is 28.9 Å². The lowest BCUT2D eigenvalue weighted by Gasteiger charge is -2.40. The highest BCUT2D eigenvalue weighted by Crippen LogP contribution is 2.32. The number of ether oxygens (including phenoxy) is 1. The fourth-order valence-electron chi connectivity index (χ4n) is 8.19. The number of hydrogen-bond acceptors (Lipinski definition) is 10. The molecule has 1 aromatic heterocycles. The Morgan fingerprint density at radius 2 is 1.79 bits per heavy atom. The summed E-state index contributed by atoms with van der Waals surface area (Å²) in [6, 6.07) is 2.40. The van der Waals surface area contributed by atoms with Crippen LogP contribution in [0.15, 0.2) is 23.6 Å². The maximum atomic E-state index is 15.1. The Morgan fingerprint density at radius 3 is 2.40 bits per heavy atom. The average Bonchev–Trinajstić information content (AvgIpc) is 3.73. The molecule has 2 aromatic rings. The molecule has 4 amide bonds. The molecule has 1 aromatic carbocycles. The molecular weight excluding hydrogens is 826 g/mol. The van der Waals surface area contributed by atoms with E-state index in [1.54, 1.807) is 32.3 Å². The minimum Gasteiger partial charge on any atom is -0.481 e. The first-order valence-corrected chi connectivity index (χ1v) is 23.9. The van der Waals surface area contributed by atoms with E-state index in [1.807, 2.05) is 32.7 Å². The summed E-state index contributed by atoms with van der Waals surface area (Å²) in [5.41, 5.74) is -0.573. The van der Waals surface area contributed by atoms with Gasteiger partial charge in [0.15, 0.2) is 0 Å². The number of amides is 4. The van der Waals surface area contributed by atoms with Crippen molar-refractivity contribution in [1.82, 2.24) is 30.7 Å². The monoisotopic (exact) mass is 902 g/mol. The summed E-state index contributed by atoms with van der Waals surface area (Å²) in [6.45, 7) is 17.2. The van der Waals surface area contributed by atoms with E-state index in [-0.39, 0.29) is 66.5 Å². The van der Waals surface area contributed by atoms with E-state index in [0.29, 0.717) is 36.6 Å². The number of unbranched alkanes of at least 4 members (excludes halogenated alkanes) is 3. The van der Waals surface area contributed by atoms with Crippen LogP contribution in [0.25, 0.3) is 0 Å². The van der Waals surface area contributed by atoms with Crippen LogP contribution in [0.1, 0.15) is 147 Å². The fraction of sp³-hybridized carbons (Fsp3) is 0.702. The van der Waals surface area contributed by atoms with Gasteiger partial charge < -0.3 is 36.0 Å². The van der Waals surface area contributed by atoms with E-state index in [4.69, 9.17) is 9.72 Å². The van der Waals surface area contributed by atoms with E-state index in [1.165, 1.54) is 23.5 Å². The van der Waals surface area contributed by atoms with Gasteiger partial charge in [0, 0.05) is 37.0 Å². The molecule has 0 saturated carbocycles. The minimum absolute atomic E-state index is 0.0110. The van der Waals surface area contributed by atoms with Gasteiger partial charge in [-0.05, 0) is 103 Å². The molecule has 16 heteroatoms. The van der Waals surface area contributed by atoms with E-state index in [9.17, 15) is 29.1 Å². The maximum Gasteiger partial charge on any atom is 0.309 e. The number of carboxylic acids is 1. The molecule has 1 aliphatic heterocycles. The van der Waals surface area contributed by atoms with Crippen molar-refractivity contribution in [1.29, 1.82) is 0 Å². The Kier molecular flexibility index (Phi) is 22.1. The number of likely N-dealkylation sites (tertiary alicyclic amines) is 1. The zero-order valence-corrected chi connectivity index (χ0v) is 40.3. The molecule has 3 rings (SSSR count). The van der Waals surface area contributed by atoms with Crippen molar-refractivity contribution in [2.75, 3.05) is 45.7 Å². The van der Waals surface area contributed by atoms with Gasteiger partial charge in [0.2, 0.25) is 17.7 Å². The molecule has 2 heterocycles. The number of halogens is 1. The zero-order chi connectivity index (χ0) is 46.9. The van der Waals surface area contributed by atoms with Gasteiger partial charge in [0.1, 0.15) is 28.7 Å². The predicted octanol–water partition coefficient (Wildman–Crippen LogP) is 7.20. The summed E-state index contributed by atoms with van der Waals surface area (Å²) >= 11 is 1.28. The summed E-state index contributed by atoms with van der Waals surface area (Å²) in [5.74, 6) is -2.89. The molecule has 1 aliphatic rings. The number of hydrogen-bond donors (Lipinski definition) is 5. The van der Waals surface area contributed by atoms with Gasteiger partial charge in [-0.15, -0.1) is 11.3 Å². The van der Waals surface area contributed by atoms with Crippen molar-refractivity contribution < 1.29 is 38.2 Å². The van der Waals surface area contributed by atoms with Gasteiger partial charge in [0.25, 0.3) is 5.91 Å². The second kappa shape index (κ2) is 26.1. The van der Waals surface area contributed by atoms with Crippen molar-refractivity contribution in [2.45, 2.75) is 156 Å². The van der Waals surface area contributed by atoms with E-state index >= 15 is 4.39 Å². The quantitative estimate of drug-likeness (QED) is 0.0576. The number of aromatic nitrogens is 1. The molecule has 0 bridgehead atoms. The number of nitrogens with zero attached hydrogens (tertiary/aromatic N) is 3. The van der Waals surface area contributed by atoms with Gasteiger partial charge >= 0.3 is 5.97 Å². The molecule has 5 N–H and O–H groups in total. The van der Waals surface area contributed by atoms with Crippen LogP contribution in [0.2, 0.25) is 0 Å². The first-order valence-electron chi connectivity index (χ1n) is 23.0. The molecule has 0 aliphatic carbocycles. The summed E-state index contributed by atoms with van der Waals surface area (Å²) in [4.78, 5) is 75.6. The Morgan fingerprint density at radius 1 is 1.06 bits per heavy atom. The van der Waals surface area contributed by atoms with Crippen molar-refractivity contribution in [3.05, 3.63) is 45.7 Å². The lowest BCUT2D eigenvalue weighted by Crippen LogP contribution is -2.59. The lowest BCUT2D eigenvalue weighted by molar-refractivity contribution is -0.147. The number of nitrogens with one attached hydrogen (secondary N) is 4. The number of benzene rings is 1. The van der Waals surface area contributed by atoms with E-state index < -0.39 is 47.2 Å². The third-order valence-corrected chi connectivity index (χ3v) is 13.1. The Balaban J connectivity index is 1.91. The van der Waals surface area contributed by atoms with Crippen molar-refractivity contribution in [2.24, 2.45) is 17.3 Å². The first-order chi connectivity index (χ1) is 29.9. The third-order valence-electron chi connectivity index (χ3n) is 12.2. The summed E-state index contributed by atoms with van der Waals surface area (Å²) in [7, 11) is 3.58. The number of anilines is 1. The van der Waals surface area contributed by atoms with Crippen LogP contribution >= 0.6 is 11.3 Å². The summed E-state index contributed by atoms with van der Waals surface area (Å²) < 4.78 is 21.5. The van der Waals surface area contributed by atoms with Gasteiger partial charge in [-0.2, -0.15) is 0 Å². The van der Waals surface area contributed by atoms with Crippen LogP contribution in [0, 0.1) is 23.1 Å². The largest absolute Gasteiger partial charge is 0.481 e. The van der Waals surface area contributed by atoms with Gasteiger partial charge in [0.05, 0.1) is 23.7 Å². The number of likely N-dealkylation sites (N-methyl/N-ethyl adjacent to an activating group) is 2. The molecule has 1 saturated heterocycles. The standard InChI is InChI=1S/C47H76FN7O7S/c1-11-14-15-17-23-55(45(59)41(31(6)12-2)53-43(58)37-19-16-18-22-54(37)10)38(30(4)5)26-39(62-13-3)44-52-36(29-63-44)42(57)50-33(27-47(7,8)46(60)61)24-32-20-21-35(34(48)25-32)51-40(56)28-49-9/h20-21,25,29-31,33,37-39,41,49H,11-19,22-24,26-28H2,1-10H3,(H,50,57)(H,51,56)(H,53,58)(H,60,61)/t31-,33-,37+,38+,39+,41-/m0/s1. The Labute approximate surface area is 379 Å². The van der Waals surface area contributed by atoms with Crippen LogP contribution < -0.4 is 21.3 Å². The molecule has 63 heavy (non-hydrogen) atoms. The topological polar surface area (TPSA) is 182 Å². The van der Waals surface area contributed by atoms with E-state index in [0.717, 1.165) is 51.5 Å². The van der Waals surface area contributed by atoms with Crippen LogP contribution in [-0.2, 0) is 30.3 Å². The Bertz CT molecular complexity index is 1790. The lowest BCUT2D eigenvalue weighted by atomic mass is 9.84. The van der Waals surface area contributed by atoms with E-state index in [2.05, 4.69) is 46.9 Å². The number of thiazole rings is 1. The van der Waals surface area contributed by atoms with Gasteiger partial charge in [-0.25, -0.2) is 9.37 Å². The fourth-order valence-corrected chi connectivity index (χ4v) is 9.05. The molecule has 14 nitrogen and oxygen atoms in total. The average molecular weight is 902 g/mol. The maximum absolute atomic E-state index is 15.1. The zero-order valence-electron chi connectivity index (χ0n) is 39.5. The SMILES string of the molecule is CCCCCCN(C(=O)[C@@H](NC(=O)[C@H]1CCCCN1C)[C@@H](C)CC)[C@H](C[C@@H](OCC)c1nc(C(=O)N[C@@H](Cc2ccc(NC(=O)CNC)c(F)c2)CC(C)(C)C(=O)O)cs1)C(C)C. The summed E-state index contributed by atoms with van der Waals surface area (Å²) in [6.07, 6.45) is 7.42. The summed E-state index contributed by atoms with van der Waals surface area (Å²) in [5, 5.41) is 23.6. The van der Waals surface area contributed by atoms with Crippen LogP contribution in [-0.4, -0.2) is 114 Å². The molecule has 0 radical (unpaired) electrons. The molecule has 0 spiro atoms. The van der Waals surface area contributed by atoms with Crippen molar-refractivity contribution in [3.63, 3.8) is 0 Å². The number of rotatable bonds is 27. The number of carbonyl (C=O) groups is 5. The molecule has 6 atom stereocenters. The molecule has 354 valence electrons. The highest BCUT2D eigenvalue weighted by atomic mass is 32.1. The number of piperidine rings is 1. The number of carboxylic acid groups (broad SMARTS) is 1. The molecule has 0 unspecified atom stereocenters. The number of aliphatic carboxylic acids is 1. The molecular formula is C47H76FN7O7S. The normalized spacial score (nSPS) is 17.0. The van der Waals surface area contributed by atoms with Crippen molar-refractivity contribution >= 4 is 46.6 Å². The molecule has 1 fully saturated rings. The minimum atomic E-state index is -1.22. The predicted molar refractivity (Wildman–Crippen MR) is 247 cm³/mol. The highest BCUT2D eigenvalue weighted by Gasteiger charge is 2.39. The first kappa shape index (κ1) is 53.3. The number of carbonyl (C=O) groups excluding carboxylic acids is 4. The Hall–Kier alpha value is -3.99. The second-order valence-electron chi connectivity index (χ2n) is 18.2. The van der Waals surface area contributed by atoms with Crippen LogP contribution in [0.3, 0.4) is 0 Å².